The molecule has 1 aliphatic heterocycles. The zero-order valence-electron chi connectivity index (χ0n) is 20.6. The third kappa shape index (κ3) is 6.97. The number of carbonyl (C=O) groups is 2. The fourth-order valence-corrected chi connectivity index (χ4v) is 5.29. The number of nitrogens with zero attached hydrogens (tertiary/aromatic N) is 5. The number of unbranched alkanes of at least 4 members (excludes halogenated alkanes) is 1. The van der Waals surface area contributed by atoms with Crippen LogP contribution in [0, 0.1) is 0 Å². The molecule has 2 amide bonds. The molecule has 4 rings (SSSR count). The van der Waals surface area contributed by atoms with Gasteiger partial charge in [0.1, 0.15) is 0 Å². The molecule has 11 heteroatoms. The van der Waals surface area contributed by atoms with E-state index in [0.29, 0.717) is 49.3 Å². The van der Waals surface area contributed by atoms with Crippen molar-refractivity contribution in [2.24, 2.45) is 0 Å². The second-order valence-electron chi connectivity index (χ2n) is 8.48. The van der Waals surface area contributed by atoms with E-state index >= 15 is 0 Å². The van der Waals surface area contributed by atoms with E-state index in [9.17, 15) is 9.59 Å². The smallest absolute Gasteiger partial charge is 0.409 e. The number of amides is 2. The number of aromatic nitrogens is 3. The molecule has 2 aromatic carbocycles. The molecule has 0 aliphatic carbocycles. The van der Waals surface area contributed by atoms with Crippen molar-refractivity contribution in [3.8, 4) is 17.1 Å². The van der Waals surface area contributed by atoms with E-state index in [0.717, 1.165) is 40.8 Å². The van der Waals surface area contributed by atoms with Gasteiger partial charge in [-0.1, -0.05) is 65.3 Å². The SMILES string of the molecule is CCOC(=O)N1CCN(C(=O)CCCCSc2nnc(-c3ccccc3)n2-c2ccc(Cl)c(Cl)c2)CC1. The molecule has 1 saturated heterocycles. The number of piperazine rings is 1. The lowest BCUT2D eigenvalue weighted by Gasteiger charge is -2.34. The van der Waals surface area contributed by atoms with Crippen LogP contribution in [0.3, 0.4) is 0 Å². The van der Waals surface area contributed by atoms with E-state index in [1.54, 1.807) is 29.7 Å². The highest BCUT2D eigenvalue weighted by Crippen LogP contribution is 2.31. The highest BCUT2D eigenvalue weighted by Gasteiger charge is 2.24. The standard InChI is InChI=1S/C26H29Cl2N5O3S/c1-2-36-26(35)32-15-13-31(14-16-32)23(34)10-6-7-17-37-25-30-29-24(19-8-4-3-5-9-19)33(25)20-11-12-21(27)22(28)18-20/h3-5,8-9,11-12,18H,2,6-7,10,13-17H2,1H3. The van der Waals surface area contributed by atoms with Crippen molar-refractivity contribution in [2.45, 2.75) is 31.3 Å². The van der Waals surface area contributed by atoms with Crippen LogP contribution in [0.2, 0.25) is 10.0 Å². The van der Waals surface area contributed by atoms with Crippen LogP contribution in [-0.4, -0.2) is 75.1 Å². The Morgan fingerprint density at radius 2 is 1.68 bits per heavy atom. The van der Waals surface area contributed by atoms with E-state index in [4.69, 9.17) is 27.9 Å². The number of halogens is 2. The number of ether oxygens (including phenoxy) is 1. The van der Waals surface area contributed by atoms with Gasteiger partial charge in [-0.05, 0) is 38.0 Å². The maximum absolute atomic E-state index is 12.6. The van der Waals surface area contributed by atoms with Gasteiger partial charge in [0.15, 0.2) is 11.0 Å². The van der Waals surface area contributed by atoms with Gasteiger partial charge in [-0.15, -0.1) is 10.2 Å². The molecule has 0 unspecified atom stereocenters. The molecule has 1 aliphatic rings. The van der Waals surface area contributed by atoms with Crippen LogP contribution in [0.15, 0.2) is 53.7 Å². The van der Waals surface area contributed by atoms with Gasteiger partial charge in [0.2, 0.25) is 5.91 Å². The van der Waals surface area contributed by atoms with Crippen LogP contribution < -0.4 is 0 Å². The van der Waals surface area contributed by atoms with Crippen molar-refractivity contribution in [2.75, 3.05) is 38.5 Å². The molecule has 1 fully saturated rings. The van der Waals surface area contributed by atoms with Crippen LogP contribution >= 0.6 is 35.0 Å². The lowest BCUT2D eigenvalue weighted by atomic mass is 10.2. The molecule has 196 valence electrons. The summed E-state index contributed by atoms with van der Waals surface area (Å²) in [6.45, 7) is 4.24. The Kier molecular flexibility index (Phi) is 9.71. The summed E-state index contributed by atoms with van der Waals surface area (Å²) in [5.41, 5.74) is 1.78. The molecular formula is C26H29Cl2N5O3S. The Hall–Kier alpha value is -2.75. The third-order valence-electron chi connectivity index (χ3n) is 6.00. The monoisotopic (exact) mass is 561 g/mol. The fourth-order valence-electron chi connectivity index (χ4n) is 4.05. The Labute approximate surface area is 230 Å². The van der Waals surface area contributed by atoms with Crippen LogP contribution in [-0.2, 0) is 9.53 Å². The molecule has 37 heavy (non-hydrogen) atoms. The summed E-state index contributed by atoms with van der Waals surface area (Å²) < 4.78 is 7.02. The number of hydrogen-bond donors (Lipinski definition) is 0. The average Bonchev–Trinajstić information content (AvgIpc) is 3.34. The van der Waals surface area contributed by atoms with Gasteiger partial charge in [-0.25, -0.2) is 4.79 Å². The predicted molar refractivity (Wildman–Crippen MR) is 147 cm³/mol. The molecule has 2 heterocycles. The van der Waals surface area contributed by atoms with Crippen LogP contribution in [0.4, 0.5) is 4.79 Å². The molecule has 0 N–H and O–H groups in total. The number of benzene rings is 2. The maximum Gasteiger partial charge on any atom is 0.409 e. The number of thioether (sulfide) groups is 1. The van der Waals surface area contributed by atoms with E-state index in [-0.39, 0.29) is 12.0 Å². The highest BCUT2D eigenvalue weighted by molar-refractivity contribution is 7.99. The zero-order chi connectivity index (χ0) is 26.2. The lowest BCUT2D eigenvalue weighted by Crippen LogP contribution is -2.50. The first-order valence-corrected chi connectivity index (χ1v) is 14.0. The van der Waals surface area contributed by atoms with Crippen molar-refractivity contribution in [1.29, 1.82) is 0 Å². The Bertz CT molecular complexity index is 1220. The van der Waals surface area contributed by atoms with Crippen molar-refractivity contribution < 1.29 is 14.3 Å². The van der Waals surface area contributed by atoms with Crippen LogP contribution in [0.1, 0.15) is 26.2 Å². The summed E-state index contributed by atoms with van der Waals surface area (Å²) in [7, 11) is 0. The fraction of sp³-hybridized carbons (Fsp3) is 0.385. The van der Waals surface area contributed by atoms with E-state index in [2.05, 4.69) is 10.2 Å². The lowest BCUT2D eigenvalue weighted by molar-refractivity contribution is -0.132. The normalized spacial score (nSPS) is 13.6. The molecule has 1 aromatic heterocycles. The quantitative estimate of drug-likeness (QED) is 0.242. The van der Waals surface area contributed by atoms with Gasteiger partial charge in [-0.3, -0.25) is 9.36 Å². The van der Waals surface area contributed by atoms with Gasteiger partial charge in [0.25, 0.3) is 0 Å². The average molecular weight is 563 g/mol. The molecule has 0 bridgehead atoms. The number of hydrogen-bond acceptors (Lipinski definition) is 6. The first-order chi connectivity index (χ1) is 18.0. The first kappa shape index (κ1) is 27.3. The molecule has 8 nitrogen and oxygen atoms in total. The van der Waals surface area contributed by atoms with Gasteiger partial charge >= 0.3 is 6.09 Å². The maximum atomic E-state index is 12.6. The van der Waals surface area contributed by atoms with E-state index < -0.39 is 0 Å². The van der Waals surface area contributed by atoms with Crippen LogP contribution in [0.25, 0.3) is 17.1 Å². The summed E-state index contributed by atoms with van der Waals surface area (Å²) in [5.74, 6) is 1.63. The van der Waals surface area contributed by atoms with Gasteiger partial charge in [0, 0.05) is 43.9 Å². The van der Waals surface area contributed by atoms with Crippen molar-refractivity contribution in [1.82, 2.24) is 24.6 Å². The molecule has 3 aromatic rings. The van der Waals surface area contributed by atoms with Gasteiger partial charge in [0.05, 0.1) is 22.3 Å². The van der Waals surface area contributed by atoms with Crippen molar-refractivity contribution >= 4 is 47.0 Å². The summed E-state index contributed by atoms with van der Waals surface area (Å²) in [4.78, 5) is 27.9. The minimum atomic E-state index is -0.309. The largest absolute Gasteiger partial charge is 0.450 e. The minimum Gasteiger partial charge on any atom is -0.450 e. The van der Waals surface area contributed by atoms with Crippen molar-refractivity contribution in [3.63, 3.8) is 0 Å². The summed E-state index contributed by atoms with van der Waals surface area (Å²) in [6, 6.07) is 15.3. The topological polar surface area (TPSA) is 80.6 Å². The molecule has 0 radical (unpaired) electrons. The first-order valence-electron chi connectivity index (χ1n) is 12.3. The Morgan fingerprint density at radius 3 is 2.38 bits per heavy atom. The van der Waals surface area contributed by atoms with Crippen LogP contribution in [0.5, 0.6) is 0 Å². The highest BCUT2D eigenvalue weighted by atomic mass is 35.5. The van der Waals surface area contributed by atoms with Gasteiger partial charge < -0.3 is 14.5 Å². The molecule has 0 spiro atoms. The Morgan fingerprint density at radius 1 is 0.946 bits per heavy atom. The Balaban J connectivity index is 1.32. The molecule has 0 atom stereocenters. The van der Waals surface area contributed by atoms with E-state index in [1.807, 2.05) is 51.9 Å². The molecular weight excluding hydrogens is 533 g/mol. The van der Waals surface area contributed by atoms with Gasteiger partial charge in [-0.2, -0.15) is 0 Å². The zero-order valence-corrected chi connectivity index (χ0v) is 22.9. The van der Waals surface area contributed by atoms with E-state index in [1.165, 1.54) is 0 Å². The second-order valence-corrected chi connectivity index (χ2v) is 10.4. The number of carbonyl (C=O) groups excluding carboxylic acids is 2. The summed E-state index contributed by atoms with van der Waals surface area (Å²) in [6.07, 6.45) is 1.80. The minimum absolute atomic E-state index is 0.124. The second kappa shape index (κ2) is 13.2. The number of rotatable bonds is 9. The predicted octanol–water partition coefficient (Wildman–Crippen LogP) is 5.80. The third-order valence-corrected chi connectivity index (χ3v) is 7.76. The summed E-state index contributed by atoms with van der Waals surface area (Å²) >= 11 is 14.0. The summed E-state index contributed by atoms with van der Waals surface area (Å²) in [5, 5.41) is 10.6. The molecule has 0 saturated carbocycles. The van der Waals surface area contributed by atoms with Crippen molar-refractivity contribution in [3.05, 3.63) is 58.6 Å².